The van der Waals surface area contributed by atoms with Crippen LogP contribution in [-0.4, -0.2) is 54.2 Å². The Kier molecular flexibility index (Phi) is 7.31. The molecule has 1 aliphatic heterocycles. The minimum absolute atomic E-state index is 0.252. The van der Waals surface area contributed by atoms with Crippen LogP contribution in [0.2, 0.25) is 0 Å². The zero-order valence-corrected chi connectivity index (χ0v) is 18.0. The molecular formula is C26H22O8. The van der Waals surface area contributed by atoms with E-state index in [1.165, 1.54) is 0 Å². The number of hydrogen-bond acceptors (Lipinski definition) is 8. The van der Waals surface area contributed by atoms with Crippen LogP contribution in [0, 0.1) is 0 Å². The number of carbonyl (C=O) groups is 3. The lowest BCUT2D eigenvalue weighted by molar-refractivity contribution is -0.135. The van der Waals surface area contributed by atoms with E-state index < -0.39 is 42.5 Å². The number of hydrogen-bond donors (Lipinski definition) is 1. The van der Waals surface area contributed by atoms with Crippen molar-refractivity contribution in [1.29, 1.82) is 0 Å². The van der Waals surface area contributed by atoms with Crippen LogP contribution in [0.3, 0.4) is 0 Å². The fraction of sp³-hybridized carbons (Fsp3) is 0.192. The Hall–Kier alpha value is -4.01. The Labute approximate surface area is 195 Å². The van der Waals surface area contributed by atoms with Crippen molar-refractivity contribution in [2.75, 3.05) is 6.61 Å². The number of esters is 3. The highest BCUT2D eigenvalue weighted by Gasteiger charge is 2.50. The Morgan fingerprint density at radius 1 is 0.647 bits per heavy atom. The highest BCUT2D eigenvalue weighted by Crippen LogP contribution is 2.28. The molecule has 0 radical (unpaired) electrons. The molecule has 0 spiro atoms. The molecule has 8 heteroatoms. The number of rotatable bonds is 7. The van der Waals surface area contributed by atoms with E-state index in [1.807, 2.05) is 0 Å². The van der Waals surface area contributed by atoms with Crippen molar-refractivity contribution in [3.05, 3.63) is 108 Å². The molecule has 4 rings (SSSR count). The van der Waals surface area contributed by atoms with Gasteiger partial charge in [-0.2, -0.15) is 0 Å². The Morgan fingerprint density at radius 2 is 1.06 bits per heavy atom. The molecule has 1 N–H and O–H groups in total. The van der Waals surface area contributed by atoms with Gasteiger partial charge in [-0.15, -0.1) is 0 Å². The molecule has 174 valence electrons. The van der Waals surface area contributed by atoms with Crippen molar-refractivity contribution in [3.8, 4) is 0 Å². The van der Waals surface area contributed by atoms with E-state index >= 15 is 0 Å². The third-order valence-electron chi connectivity index (χ3n) is 5.18. The summed E-state index contributed by atoms with van der Waals surface area (Å²) < 4.78 is 21.8. The summed E-state index contributed by atoms with van der Waals surface area (Å²) in [7, 11) is 0. The van der Waals surface area contributed by atoms with Crippen LogP contribution >= 0.6 is 0 Å². The zero-order valence-electron chi connectivity index (χ0n) is 18.0. The molecule has 3 aromatic rings. The summed E-state index contributed by atoms with van der Waals surface area (Å²) in [6, 6.07) is 24.7. The van der Waals surface area contributed by atoms with Gasteiger partial charge in [-0.25, -0.2) is 14.4 Å². The summed E-state index contributed by atoms with van der Waals surface area (Å²) >= 11 is 0. The number of ether oxygens (including phenoxy) is 4. The molecule has 0 bridgehead atoms. The predicted octanol–water partition coefficient (Wildman–Crippen LogP) is 3.01. The maximum absolute atomic E-state index is 12.7. The first-order chi connectivity index (χ1) is 16.5. The van der Waals surface area contributed by atoms with Crippen molar-refractivity contribution < 1.29 is 38.4 Å². The molecule has 3 aromatic carbocycles. The molecule has 0 aliphatic carbocycles. The van der Waals surface area contributed by atoms with E-state index in [2.05, 4.69) is 0 Å². The topological polar surface area (TPSA) is 108 Å². The lowest BCUT2D eigenvalue weighted by Crippen LogP contribution is -2.42. The average molecular weight is 462 g/mol. The molecule has 1 heterocycles. The van der Waals surface area contributed by atoms with Crippen molar-refractivity contribution in [1.82, 2.24) is 0 Å². The van der Waals surface area contributed by atoms with E-state index in [-0.39, 0.29) is 17.7 Å². The number of carbonyl (C=O) groups excluding carboxylic acids is 3. The predicted molar refractivity (Wildman–Crippen MR) is 119 cm³/mol. The van der Waals surface area contributed by atoms with Gasteiger partial charge in [0.05, 0.1) is 16.7 Å². The molecule has 0 amide bonds. The first-order valence-corrected chi connectivity index (χ1v) is 10.6. The average Bonchev–Trinajstić information content (AvgIpc) is 3.17. The van der Waals surface area contributed by atoms with E-state index in [1.54, 1.807) is 91.0 Å². The molecule has 0 aromatic heterocycles. The van der Waals surface area contributed by atoms with Gasteiger partial charge in [-0.3, -0.25) is 0 Å². The van der Waals surface area contributed by atoms with Crippen LogP contribution < -0.4 is 0 Å². The van der Waals surface area contributed by atoms with Crippen LogP contribution in [-0.2, 0) is 18.9 Å². The molecule has 0 saturated carbocycles. The molecule has 1 fully saturated rings. The molecule has 34 heavy (non-hydrogen) atoms. The van der Waals surface area contributed by atoms with Crippen LogP contribution in [0.25, 0.3) is 0 Å². The maximum Gasteiger partial charge on any atom is 0.338 e. The van der Waals surface area contributed by atoms with Crippen LogP contribution in [0.15, 0.2) is 91.0 Å². The van der Waals surface area contributed by atoms with Crippen LogP contribution in [0.4, 0.5) is 0 Å². The number of aliphatic hydroxyl groups is 1. The SMILES string of the molecule is O=C(OC[C@H]1O[C@H](O)[C@H](OC(=O)c2ccccc2)C1OC(=O)c1ccccc1)c1ccccc1. The molecule has 1 saturated heterocycles. The van der Waals surface area contributed by atoms with Crippen LogP contribution in [0.1, 0.15) is 31.1 Å². The summed E-state index contributed by atoms with van der Waals surface area (Å²) in [5, 5.41) is 10.5. The Bertz CT molecular complexity index is 1120. The van der Waals surface area contributed by atoms with Gasteiger partial charge >= 0.3 is 17.9 Å². The molecule has 8 nitrogen and oxygen atoms in total. The van der Waals surface area contributed by atoms with Crippen molar-refractivity contribution in [3.63, 3.8) is 0 Å². The van der Waals surface area contributed by atoms with Gasteiger partial charge in [0.1, 0.15) is 12.7 Å². The summed E-state index contributed by atoms with van der Waals surface area (Å²) in [6.45, 7) is -0.336. The zero-order chi connectivity index (χ0) is 23.9. The molecule has 1 unspecified atom stereocenters. The second-order valence-corrected chi connectivity index (χ2v) is 7.50. The second-order valence-electron chi connectivity index (χ2n) is 7.50. The van der Waals surface area contributed by atoms with E-state index in [9.17, 15) is 19.5 Å². The fourth-order valence-electron chi connectivity index (χ4n) is 3.46. The van der Waals surface area contributed by atoms with E-state index in [0.717, 1.165) is 0 Å². The minimum atomic E-state index is -1.60. The minimum Gasteiger partial charge on any atom is -0.459 e. The van der Waals surface area contributed by atoms with Crippen LogP contribution in [0.5, 0.6) is 0 Å². The summed E-state index contributed by atoms with van der Waals surface area (Å²) in [4.78, 5) is 37.6. The van der Waals surface area contributed by atoms with Crippen molar-refractivity contribution >= 4 is 17.9 Å². The first-order valence-electron chi connectivity index (χ1n) is 10.6. The van der Waals surface area contributed by atoms with Gasteiger partial charge in [-0.1, -0.05) is 54.6 Å². The number of benzene rings is 3. The fourth-order valence-corrected chi connectivity index (χ4v) is 3.46. The lowest BCUT2D eigenvalue weighted by Gasteiger charge is -2.23. The van der Waals surface area contributed by atoms with Gasteiger partial charge in [0.2, 0.25) is 0 Å². The van der Waals surface area contributed by atoms with Gasteiger partial charge in [0.15, 0.2) is 18.5 Å². The summed E-state index contributed by atoms with van der Waals surface area (Å²) in [5.41, 5.74) is 0.838. The van der Waals surface area contributed by atoms with Gasteiger partial charge < -0.3 is 24.1 Å². The van der Waals surface area contributed by atoms with Crippen molar-refractivity contribution in [2.45, 2.75) is 24.6 Å². The standard InChI is InChI=1S/C26H22O8/c27-23(17-10-4-1-5-11-17)31-16-20-21(33-24(28)18-12-6-2-7-13-18)22(26(30)32-20)34-25(29)19-14-8-3-9-15-19/h1-15,20-22,26,30H,16H2/t20-,21?,22-,26+/m1/s1. The van der Waals surface area contributed by atoms with Gasteiger partial charge in [0.25, 0.3) is 0 Å². The molecular weight excluding hydrogens is 440 g/mol. The monoisotopic (exact) mass is 462 g/mol. The lowest BCUT2D eigenvalue weighted by atomic mass is 10.1. The Balaban J connectivity index is 1.51. The smallest absolute Gasteiger partial charge is 0.338 e. The van der Waals surface area contributed by atoms with Crippen molar-refractivity contribution in [2.24, 2.45) is 0 Å². The third kappa shape index (κ3) is 5.48. The third-order valence-corrected chi connectivity index (χ3v) is 5.18. The second kappa shape index (κ2) is 10.7. The summed E-state index contributed by atoms with van der Waals surface area (Å²) in [6.07, 6.45) is -5.22. The summed E-state index contributed by atoms with van der Waals surface area (Å²) in [5.74, 6) is -2.05. The van der Waals surface area contributed by atoms with Gasteiger partial charge in [0, 0.05) is 0 Å². The normalized spacial score (nSPS) is 21.4. The molecule has 4 atom stereocenters. The molecule has 1 aliphatic rings. The largest absolute Gasteiger partial charge is 0.459 e. The van der Waals surface area contributed by atoms with Gasteiger partial charge in [-0.05, 0) is 36.4 Å². The maximum atomic E-state index is 12.7. The Morgan fingerprint density at radius 3 is 1.53 bits per heavy atom. The highest BCUT2D eigenvalue weighted by molar-refractivity contribution is 5.90. The number of aliphatic hydroxyl groups excluding tert-OH is 1. The quantitative estimate of drug-likeness (QED) is 0.422. The highest BCUT2D eigenvalue weighted by atomic mass is 16.7. The van der Waals surface area contributed by atoms with E-state index in [0.29, 0.717) is 5.56 Å². The van der Waals surface area contributed by atoms with E-state index in [4.69, 9.17) is 18.9 Å². The first kappa shape index (κ1) is 23.2.